The molecule has 3 nitrogen and oxygen atoms in total. The van der Waals surface area contributed by atoms with Crippen molar-refractivity contribution in [1.29, 1.82) is 0 Å². The molecule has 2 unspecified atom stereocenters. The fraction of sp³-hybridized carbons (Fsp3) is 0.692. The Bertz CT molecular complexity index is 370. The normalized spacial score (nSPS) is 24.9. The number of nitrogens with zero attached hydrogens (tertiary/aromatic N) is 2. The first-order valence-corrected chi connectivity index (χ1v) is 6.16. The van der Waals surface area contributed by atoms with Gasteiger partial charge in [-0.15, -0.1) is 0 Å². The van der Waals surface area contributed by atoms with Gasteiger partial charge in [-0.25, -0.2) is 0 Å². The molecule has 1 heterocycles. The lowest BCUT2D eigenvalue weighted by Crippen LogP contribution is -2.13. The second kappa shape index (κ2) is 4.81. The van der Waals surface area contributed by atoms with Crippen molar-refractivity contribution in [2.75, 3.05) is 0 Å². The van der Waals surface area contributed by atoms with Crippen LogP contribution in [0.1, 0.15) is 38.3 Å². The maximum absolute atomic E-state index is 12.0. The minimum absolute atomic E-state index is 0.336. The first kappa shape index (κ1) is 11.4. The van der Waals surface area contributed by atoms with E-state index in [-0.39, 0.29) is 0 Å². The fourth-order valence-electron chi connectivity index (χ4n) is 2.60. The number of hydrogen-bond donors (Lipinski definition) is 0. The zero-order valence-electron chi connectivity index (χ0n) is 10.1. The first-order chi connectivity index (χ1) is 7.66. The van der Waals surface area contributed by atoms with Crippen LogP contribution in [0.25, 0.3) is 0 Å². The number of aryl methyl sites for hydroxylation is 2. The Kier molecular flexibility index (Phi) is 3.42. The van der Waals surface area contributed by atoms with Gasteiger partial charge in [-0.05, 0) is 37.7 Å². The van der Waals surface area contributed by atoms with Crippen LogP contribution < -0.4 is 0 Å². The molecule has 88 valence electrons. The highest BCUT2D eigenvalue weighted by atomic mass is 16.1. The lowest BCUT2D eigenvalue weighted by atomic mass is 9.97. The number of aromatic nitrogens is 2. The Labute approximate surface area is 96.8 Å². The Morgan fingerprint density at radius 2 is 2.38 bits per heavy atom. The Morgan fingerprint density at radius 1 is 1.56 bits per heavy atom. The van der Waals surface area contributed by atoms with Gasteiger partial charge in [0.25, 0.3) is 0 Å². The molecule has 3 heteroatoms. The maximum atomic E-state index is 12.0. The zero-order chi connectivity index (χ0) is 11.5. The molecular formula is C13H20N2O. The molecule has 0 saturated heterocycles. The van der Waals surface area contributed by atoms with Gasteiger partial charge in [0, 0.05) is 31.3 Å². The second-order valence-corrected chi connectivity index (χ2v) is 5.03. The van der Waals surface area contributed by atoms with Crippen LogP contribution in [-0.2, 0) is 18.3 Å². The molecule has 16 heavy (non-hydrogen) atoms. The van der Waals surface area contributed by atoms with Crippen LogP contribution in [0, 0.1) is 11.8 Å². The molecule has 1 aromatic heterocycles. The second-order valence-electron chi connectivity index (χ2n) is 5.03. The summed E-state index contributed by atoms with van der Waals surface area (Å²) in [4.78, 5) is 12.0. The van der Waals surface area contributed by atoms with Crippen LogP contribution >= 0.6 is 0 Å². The summed E-state index contributed by atoms with van der Waals surface area (Å²) in [6.07, 6.45) is 6.73. The molecule has 1 fully saturated rings. The zero-order valence-corrected chi connectivity index (χ0v) is 10.1. The minimum Gasteiger partial charge on any atom is -0.299 e. The van der Waals surface area contributed by atoms with E-state index in [2.05, 4.69) is 12.0 Å². The predicted octanol–water partition coefficient (Wildman–Crippen LogP) is 2.36. The third-order valence-electron chi connectivity index (χ3n) is 3.70. The van der Waals surface area contributed by atoms with Gasteiger partial charge < -0.3 is 0 Å². The standard InChI is InChI=1S/C13H20N2O/c1-10-3-4-11(9-10)13(16)6-5-12-7-8-14-15(12)2/h7-8,10-11H,3-6,9H2,1-2H3. The van der Waals surface area contributed by atoms with E-state index in [1.165, 1.54) is 6.42 Å². The monoisotopic (exact) mass is 220 g/mol. The van der Waals surface area contributed by atoms with Crippen LogP contribution in [0.15, 0.2) is 12.3 Å². The molecule has 0 spiro atoms. The van der Waals surface area contributed by atoms with E-state index in [1.807, 2.05) is 17.8 Å². The number of rotatable bonds is 4. The van der Waals surface area contributed by atoms with Gasteiger partial charge in [0.15, 0.2) is 0 Å². The molecule has 0 aliphatic heterocycles. The quantitative estimate of drug-likeness (QED) is 0.780. The summed E-state index contributed by atoms with van der Waals surface area (Å²) in [6.45, 7) is 2.24. The van der Waals surface area contributed by atoms with Gasteiger partial charge in [0.05, 0.1) is 0 Å². The number of carbonyl (C=O) groups is 1. The van der Waals surface area contributed by atoms with E-state index < -0.39 is 0 Å². The van der Waals surface area contributed by atoms with Gasteiger partial charge in [-0.1, -0.05) is 6.92 Å². The van der Waals surface area contributed by atoms with Crippen LogP contribution in [0.2, 0.25) is 0 Å². The summed E-state index contributed by atoms with van der Waals surface area (Å²) in [7, 11) is 1.93. The van der Waals surface area contributed by atoms with Crippen LogP contribution in [-0.4, -0.2) is 15.6 Å². The number of carbonyl (C=O) groups excluding carboxylic acids is 1. The molecule has 1 aromatic rings. The third-order valence-corrected chi connectivity index (χ3v) is 3.70. The molecule has 2 atom stereocenters. The van der Waals surface area contributed by atoms with Crippen LogP contribution in [0.4, 0.5) is 0 Å². The van der Waals surface area contributed by atoms with Crippen molar-refractivity contribution >= 4 is 5.78 Å². The average molecular weight is 220 g/mol. The number of Topliss-reactive ketones (excluding diaryl/α,β-unsaturated/α-hetero) is 1. The maximum Gasteiger partial charge on any atom is 0.136 e. The van der Waals surface area contributed by atoms with Gasteiger partial charge >= 0.3 is 0 Å². The van der Waals surface area contributed by atoms with Crippen molar-refractivity contribution in [2.24, 2.45) is 18.9 Å². The molecule has 1 saturated carbocycles. The van der Waals surface area contributed by atoms with Crippen molar-refractivity contribution in [3.05, 3.63) is 18.0 Å². The summed E-state index contributed by atoms with van der Waals surface area (Å²) in [5, 5.41) is 4.11. The molecule has 1 aliphatic rings. The Hall–Kier alpha value is -1.12. The van der Waals surface area contributed by atoms with E-state index in [1.54, 1.807) is 6.20 Å². The molecule has 2 rings (SSSR count). The minimum atomic E-state index is 0.336. The summed E-state index contributed by atoms with van der Waals surface area (Å²) < 4.78 is 1.85. The third kappa shape index (κ3) is 2.52. The van der Waals surface area contributed by atoms with Crippen molar-refractivity contribution in [3.63, 3.8) is 0 Å². The lowest BCUT2D eigenvalue weighted by Gasteiger charge is -2.08. The highest BCUT2D eigenvalue weighted by Gasteiger charge is 2.26. The van der Waals surface area contributed by atoms with Gasteiger partial charge in [-0.3, -0.25) is 9.48 Å². The molecular weight excluding hydrogens is 200 g/mol. The molecule has 0 aromatic carbocycles. The van der Waals surface area contributed by atoms with E-state index in [4.69, 9.17) is 0 Å². The summed E-state index contributed by atoms with van der Waals surface area (Å²) in [5.41, 5.74) is 1.15. The van der Waals surface area contributed by atoms with Crippen LogP contribution in [0.3, 0.4) is 0 Å². The summed E-state index contributed by atoms with van der Waals surface area (Å²) >= 11 is 0. The largest absolute Gasteiger partial charge is 0.299 e. The summed E-state index contributed by atoms with van der Waals surface area (Å²) in [5.74, 6) is 1.53. The predicted molar refractivity (Wildman–Crippen MR) is 63.0 cm³/mol. The molecule has 0 amide bonds. The fourth-order valence-corrected chi connectivity index (χ4v) is 2.60. The van der Waals surface area contributed by atoms with Gasteiger partial charge in [0.1, 0.15) is 5.78 Å². The highest BCUT2D eigenvalue weighted by molar-refractivity contribution is 5.81. The molecule has 0 N–H and O–H groups in total. The Balaban J connectivity index is 1.82. The van der Waals surface area contributed by atoms with Crippen molar-refractivity contribution < 1.29 is 4.79 Å². The molecule has 0 bridgehead atoms. The van der Waals surface area contributed by atoms with E-state index in [0.717, 1.165) is 30.9 Å². The summed E-state index contributed by atoms with van der Waals surface area (Å²) in [6, 6.07) is 1.99. The van der Waals surface area contributed by atoms with E-state index >= 15 is 0 Å². The first-order valence-electron chi connectivity index (χ1n) is 6.16. The number of ketones is 1. The number of hydrogen-bond acceptors (Lipinski definition) is 2. The van der Waals surface area contributed by atoms with E-state index in [0.29, 0.717) is 18.1 Å². The average Bonchev–Trinajstić information content (AvgIpc) is 2.84. The van der Waals surface area contributed by atoms with E-state index in [9.17, 15) is 4.79 Å². The van der Waals surface area contributed by atoms with Crippen molar-refractivity contribution in [1.82, 2.24) is 9.78 Å². The molecule has 1 aliphatic carbocycles. The topological polar surface area (TPSA) is 34.9 Å². The van der Waals surface area contributed by atoms with Gasteiger partial charge in [-0.2, -0.15) is 5.10 Å². The Morgan fingerprint density at radius 3 is 2.94 bits per heavy atom. The smallest absolute Gasteiger partial charge is 0.136 e. The van der Waals surface area contributed by atoms with Crippen LogP contribution in [0.5, 0.6) is 0 Å². The lowest BCUT2D eigenvalue weighted by molar-refractivity contribution is -0.122. The van der Waals surface area contributed by atoms with Crippen molar-refractivity contribution in [2.45, 2.75) is 39.0 Å². The highest BCUT2D eigenvalue weighted by Crippen LogP contribution is 2.31. The van der Waals surface area contributed by atoms with Crippen molar-refractivity contribution in [3.8, 4) is 0 Å². The molecule has 0 radical (unpaired) electrons. The SMILES string of the molecule is CC1CCC(C(=O)CCc2ccnn2C)C1. The van der Waals surface area contributed by atoms with Gasteiger partial charge in [0.2, 0.25) is 0 Å².